The molecule has 20 heavy (non-hydrogen) atoms. The summed E-state index contributed by atoms with van der Waals surface area (Å²) >= 11 is 0. The highest BCUT2D eigenvalue weighted by molar-refractivity contribution is 5.29. The summed E-state index contributed by atoms with van der Waals surface area (Å²) in [5.74, 6) is 1.11. The summed E-state index contributed by atoms with van der Waals surface area (Å²) in [6, 6.07) is 6.26. The smallest absolute Gasteiger partial charge is 0.387 e. The Labute approximate surface area is 116 Å². The Kier molecular flexibility index (Phi) is 4.68. The number of aromatic nitrogens is 2. The van der Waals surface area contributed by atoms with Gasteiger partial charge in [-0.3, -0.25) is 0 Å². The topological polar surface area (TPSA) is 53.1 Å². The first-order chi connectivity index (χ1) is 9.56. The number of alkyl halides is 2. The fourth-order valence-corrected chi connectivity index (χ4v) is 1.99. The Morgan fingerprint density at radius 3 is 2.55 bits per heavy atom. The number of ether oxygens (including phenoxy) is 1. The minimum Gasteiger partial charge on any atom is -0.435 e. The molecular weight excluding hydrogens is 264 g/mol. The molecule has 1 atom stereocenters. The number of aryl methyl sites for hydroxylation is 2. The molecule has 0 radical (unpaired) electrons. The maximum absolute atomic E-state index is 12.0. The molecule has 0 aliphatic heterocycles. The molecule has 2 N–H and O–H groups in total. The molecule has 2 rings (SSSR count). The zero-order valence-electron chi connectivity index (χ0n) is 11.2. The summed E-state index contributed by atoms with van der Waals surface area (Å²) in [4.78, 5) is 4.23. The van der Waals surface area contributed by atoms with Crippen LogP contribution in [0.2, 0.25) is 0 Å². The summed E-state index contributed by atoms with van der Waals surface area (Å²) in [7, 11) is 1.93. The molecular formula is C14H17F2N3O. The Morgan fingerprint density at radius 1 is 1.30 bits per heavy atom. The van der Waals surface area contributed by atoms with E-state index in [-0.39, 0.29) is 11.8 Å². The average Bonchev–Trinajstić information content (AvgIpc) is 2.82. The van der Waals surface area contributed by atoms with Crippen LogP contribution in [0.3, 0.4) is 0 Å². The van der Waals surface area contributed by atoms with Crippen molar-refractivity contribution in [2.45, 2.75) is 25.5 Å². The van der Waals surface area contributed by atoms with E-state index >= 15 is 0 Å². The van der Waals surface area contributed by atoms with Gasteiger partial charge in [0.15, 0.2) is 0 Å². The molecule has 0 spiro atoms. The second-order valence-corrected chi connectivity index (χ2v) is 4.55. The van der Waals surface area contributed by atoms with E-state index in [9.17, 15) is 8.78 Å². The molecule has 1 unspecified atom stereocenters. The van der Waals surface area contributed by atoms with Crippen molar-refractivity contribution >= 4 is 0 Å². The Balaban J connectivity index is 1.92. The SMILES string of the molecule is Cn1ccnc1CCC(N)c1ccc(OC(F)F)cc1. The number of imidazole rings is 1. The van der Waals surface area contributed by atoms with Crippen molar-refractivity contribution in [3.05, 3.63) is 48.0 Å². The van der Waals surface area contributed by atoms with Gasteiger partial charge in [0.1, 0.15) is 11.6 Å². The number of nitrogens with two attached hydrogens (primary N) is 1. The molecule has 0 bridgehead atoms. The number of nitrogens with zero attached hydrogens (tertiary/aromatic N) is 2. The summed E-state index contributed by atoms with van der Waals surface area (Å²) < 4.78 is 30.3. The Hall–Kier alpha value is -1.95. The van der Waals surface area contributed by atoms with Crippen LogP contribution in [0.5, 0.6) is 5.75 Å². The molecule has 2 aromatic rings. The van der Waals surface area contributed by atoms with Gasteiger partial charge in [-0.2, -0.15) is 8.78 Å². The van der Waals surface area contributed by atoms with Crippen LogP contribution in [0.15, 0.2) is 36.7 Å². The van der Waals surface area contributed by atoms with Crippen LogP contribution < -0.4 is 10.5 Å². The number of benzene rings is 1. The van der Waals surface area contributed by atoms with E-state index in [2.05, 4.69) is 9.72 Å². The van der Waals surface area contributed by atoms with Crippen LogP contribution in [0, 0.1) is 0 Å². The standard InChI is InChI=1S/C14H17F2N3O/c1-19-9-8-18-13(19)7-6-12(17)10-2-4-11(5-3-10)20-14(15)16/h2-5,8-9,12,14H,6-7,17H2,1H3. The van der Waals surface area contributed by atoms with Gasteiger partial charge in [-0.1, -0.05) is 12.1 Å². The Morgan fingerprint density at radius 2 is 2.00 bits per heavy atom. The van der Waals surface area contributed by atoms with Gasteiger partial charge in [-0.25, -0.2) is 4.98 Å². The molecule has 6 heteroatoms. The second-order valence-electron chi connectivity index (χ2n) is 4.55. The van der Waals surface area contributed by atoms with Crippen molar-refractivity contribution in [1.82, 2.24) is 9.55 Å². The zero-order chi connectivity index (χ0) is 14.5. The van der Waals surface area contributed by atoms with E-state index in [1.54, 1.807) is 18.3 Å². The molecule has 0 saturated heterocycles. The van der Waals surface area contributed by atoms with Gasteiger partial charge < -0.3 is 15.0 Å². The molecule has 1 heterocycles. The maximum Gasteiger partial charge on any atom is 0.387 e. The molecule has 0 fully saturated rings. The van der Waals surface area contributed by atoms with Gasteiger partial charge in [0, 0.05) is 31.9 Å². The number of halogens is 2. The average molecular weight is 281 g/mol. The van der Waals surface area contributed by atoms with E-state index < -0.39 is 6.61 Å². The summed E-state index contributed by atoms with van der Waals surface area (Å²) in [6.45, 7) is -2.81. The molecule has 0 aliphatic carbocycles. The normalized spacial score (nSPS) is 12.7. The molecule has 0 amide bonds. The first-order valence-electron chi connectivity index (χ1n) is 6.33. The molecule has 4 nitrogen and oxygen atoms in total. The maximum atomic E-state index is 12.0. The van der Waals surface area contributed by atoms with Gasteiger partial charge in [0.2, 0.25) is 0 Å². The van der Waals surface area contributed by atoms with Gasteiger partial charge in [-0.05, 0) is 24.1 Å². The lowest BCUT2D eigenvalue weighted by Gasteiger charge is -2.13. The number of rotatable bonds is 6. The fourth-order valence-electron chi connectivity index (χ4n) is 1.99. The number of hydrogen-bond acceptors (Lipinski definition) is 3. The zero-order valence-corrected chi connectivity index (χ0v) is 11.2. The second kappa shape index (κ2) is 6.47. The predicted molar refractivity (Wildman–Crippen MR) is 71.5 cm³/mol. The van der Waals surface area contributed by atoms with Crippen molar-refractivity contribution in [2.75, 3.05) is 0 Å². The van der Waals surface area contributed by atoms with Crippen molar-refractivity contribution in [3.63, 3.8) is 0 Å². The molecule has 0 saturated carbocycles. The van der Waals surface area contributed by atoms with Crippen molar-refractivity contribution in [2.24, 2.45) is 12.8 Å². The van der Waals surface area contributed by atoms with Crippen molar-refractivity contribution < 1.29 is 13.5 Å². The van der Waals surface area contributed by atoms with Crippen molar-refractivity contribution in [3.8, 4) is 5.75 Å². The van der Waals surface area contributed by atoms with E-state index in [0.29, 0.717) is 0 Å². The highest BCUT2D eigenvalue weighted by Crippen LogP contribution is 2.20. The third kappa shape index (κ3) is 3.77. The van der Waals surface area contributed by atoms with Crippen LogP contribution >= 0.6 is 0 Å². The van der Waals surface area contributed by atoms with Crippen LogP contribution in [0.25, 0.3) is 0 Å². The quantitative estimate of drug-likeness (QED) is 0.885. The summed E-state index contributed by atoms with van der Waals surface area (Å²) in [6.07, 6.45) is 5.13. The largest absolute Gasteiger partial charge is 0.435 e. The van der Waals surface area contributed by atoms with Crippen molar-refractivity contribution in [1.29, 1.82) is 0 Å². The lowest BCUT2D eigenvalue weighted by molar-refractivity contribution is -0.0498. The first-order valence-corrected chi connectivity index (χ1v) is 6.33. The summed E-state index contributed by atoms with van der Waals surface area (Å²) in [5.41, 5.74) is 6.98. The molecule has 0 aliphatic rings. The third-order valence-corrected chi connectivity index (χ3v) is 3.13. The predicted octanol–water partition coefficient (Wildman–Crippen LogP) is 2.65. The minimum absolute atomic E-state index is 0.139. The lowest BCUT2D eigenvalue weighted by Crippen LogP contribution is -2.12. The molecule has 1 aromatic carbocycles. The van der Waals surface area contributed by atoms with E-state index in [1.165, 1.54) is 12.1 Å². The Bertz CT molecular complexity index is 540. The molecule has 1 aromatic heterocycles. The van der Waals surface area contributed by atoms with E-state index in [4.69, 9.17) is 5.73 Å². The van der Waals surface area contributed by atoms with E-state index in [1.807, 2.05) is 17.8 Å². The van der Waals surface area contributed by atoms with Crippen LogP contribution in [0.1, 0.15) is 23.9 Å². The van der Waals surface area contributed by atoms with Gasteiger partial charge >= 0.3 is 6.61 Å². The van der Waals surface area contributed by atoms with Crippen LogP contribution in [-0.4, -0.2) is 16.2 Å². The van der Waals surface area contributed by atoms with Gasteiger partial charge in [0.25, 0.3) is 0 Å². The van der Waals surface area contributed by atoms with Crippen LogP contribution in [0.4, 0.5) is 8.78 Å². The van der Waals surface area contributed by atoms with Gasteiger partial charge in [0.05, 0.1) is 0 Å². The van der Waals surface area contributed by atoms with Gasteiger partial charge in [-0.15, -0.1) is 0 Å². The first kappa shape index (κ1) is 14.5. The lowest BCUT2D eigenvalue weighted by atomic mass is 10.0. The highest BCUT2D eigenvalue weighted by atomic mass is 19.3. The highest BCUT2D eigenvalue weighted by Gasteiger charge is 2.09. The molecule has 108 valence electrons. The fraction of sp³-hybridized carbons (Fsp3) is 0.357. The monoisotopic (exact) mass is 281 g/mol. The van der Waals surface area contributed by atoms with Crippen LogP contribution in [-0.2, 0) is 13.5 Å². The number of hydrogen-bond donors (Lipinski definition) is 1. The minimum atomic E-state index is -2.81. The third-order valence-electron chi connectivity index (χ3n) is 3.13. The summed E-state index contributed by atoms with van der Waals surface area (Å²) in [5, 5.41) is 0. The van der Waals surface area contributed by atoms with E-state index in [0.717, 1.165) is 24.2 Å².